The summed E-state index contributed by atoms with van der Waals surface area (Å²) in [4.78, 5) is 11.5. The highest BCUT2D eigenvalue weighted by Gasteiger charge is 2.14. The molecule has 3 N–H and O–H groups in total. The number of benzene rings is 2. The minimum Gasteiger partial charge on any atom is -0.388 e. The van der Waals surface area contributed by atoms with E-state index in [-0.39, 0.29) is 5.82 Å². The summed E-state index contributed by atoms with van der Waals surface area (Å²) in [6, 6.07) is 11.4. The molecule has 0 heterocycles. The number of aryl methyl sites for hydroxylation is 2. The van der Waals surface area contributed by atoms with Crippen LogP contribution < -0.4 is 5.73 Å². The molecule has 1 atom stereocenters. The first-order valence-corrected chi connectivity index (χ1v) is 6.81. The van der Waals surface area contributed by atoms with Gasteiger partial charge in [-0.15, -0.1) is 0 Å². The monoisotopic (exact) mass is 287 g/mol. The molecule has 1 unspecified atom stereocenters. The van der Waals surface area contributed by atoms with E-state index < -0.39 is 12.0 Å². The third kappa shape index (κ3) is 3.67. The molecule has 0 aliphatic heterocycles. The number of aliphatic hydroxyl groups excluding tert-OH is 1. The van der Waals surface area contributed by atoms with Crippen LogP contribution in [0.5, 0.6) is 0 Å². The van der Waals surface area contributed by atoms with Crippen LogP contribution in [0, 0.1) is 12.7 Å². The topological polar surface area (TPSA) is 63.3 Å². The van der Waals surface area contributed by atoms with Gasteiger partial charge in [-0.2, -0.15) is 0 Å². The molecule has 110 valence electrons. The van der Waals surface area contributed by atoms with E-state index in [1.165, 1.54) is 12.1 Å². The Labute approximate surface area is 123 Å². The van der Waals surface area contributed by atoms with E-state index in [9.17, 15) is 14.3 Å². The fraction of sp³-hybridized carbons (Fsp3) is 0.235. The molecule has 0 aliphatic carbocycles. The van der Waals surface area contributed by atoms with Crippen LogP contribution in [0.3, 0.4) is 0 Å². The van der Waals surface area contributed by atoms with Crippen molar-refractivity contribution in [3.63, 3.8) is 0 Å². The van der Waals surface area contributed by atoms with Crippen LogP contribution in [-0.2, 0) is 6.42 Å². The Morgan fingerprint density at radius 3 is 2.67 bits per heavy atom. The minimum absolute atomic E-state index is 0.375. The second-order valence-corrected chi connectivity index (χ2v) is 5.08. The van der Waals surface area contributed by atoms with Gasteiger partial charge < -0.3 is 10.8 Å². The Morgan fingerprint density at radius 2 is 2.00 bits per heavy atom. The van der Waals surface area contributed by atoms with Crippen molar-refractivity contribution < 1.29 is 14.3 Å². The van der Waals surface area contributed by atoms with E-state index in [1.807, 2.05) is 25.1 Å². The summed E-state index contributed by atoms with van der Waals surface area (Å²) in [5.74, 6) is -0.844. The van der Waals surface area contributed by atoms with E-state index in [4.69, 9.17) is 5.73 Å². The smallest absolute Gasteiger partial charge is 0.249 e. The number of nitrogens with two attached hydrogens (primary N) is 1. The highest BCUT2D eigenvalue weighted by molar-refractivity contribution is 5.95. The Morgan fingerprint density at radius 1 is 1.29 bits per heavy atom. The van der Waals surface area contributed by atoms with Crippen LogP contribution in [-0.4, -0.2) is 11.0 Å². The lowest BCUT2D eigenvalue weighted by molar-refractivity contribution is 0.0998. The average molecular weight is 287 g/mol. The Kier molecular flexibility index (Phi) is 4.70. The molecule has 0 fully saturated rings. The molecular formula is C17H18FNO2. The van der Waals surface area contributed by atoms with Gasteiger partial charge in [-0.3, -0.25) is 4.79 Å². The Hall–Kier alpha value is -2.20. The fourth-order valence-electron chi connectivity index (χ4n) is 2.46. The molecule has 2 rings (SSSR count). The predicted molar refractivity (Wildman–Crippen MR) is 79.4 cm³/mol. The van der Waals surface area contributed by atoms with Gasteiger partial charge in [0.15, 0.2) is 0 Å². The van der Waals surface area contributed by atoms with Crippen LogP contribution >= 0.6 is 0 Å². The van der Waals surface area contributed by atoms with Crippen molar-refractivity contribution >= 4 is 5.91 Å². The van der Waals surface area contributed by atoms with E-state index in [1.54, 1.807) is 12.1 Å². The molecule has 0 radical (unpaired) electrons. The lowest BCUT2D eigenvalue weighted by atomic mass is 9.95. The second kappa shape index (κ2) is 6.50. The highest BCUT2D eigenvalue weighted by Crippen LogP contribution is 2.22. The van der Waals surface area contributed by atoms with E-state index in [0.29, 0.717) is 24.0 Å². The molecule has 0 spiro atoms. The lowest BCUT2D eigenvalue weighted by Crippen LogP contribution is -2.16. The van der Waals surface area contributed by atoms with Gasteiger partial charge in [0.25, 0.3) is 0 Å². The number of hydrogen-bond acceptors (Lipinski definition) is 2. The molecular weight excluding hydrogens is 269 g/mol. The van der Waals surface area contributed by atoms with Crippen LogP contribution in [0.2, 0.25) is 0 Å². The normalized spacial score (nSPS) is 12.1. The van der Waals surface area contributed by atoms with Crippen LogP contribution in [0.1, 0.15) is 39.6 Å². The average Bonchev–Trinajstić information content (AvgIpc) is 2.44. The summed E-state index contributed by atoms with van der Waals surface area (Å²) in [6.07, 6.45) is 0.118. The van der Waals surface area contributed by atoms with Crippen molar-refractivity contribution in [2.24, 2.45) is 5.73 Å². The highest BCUT2D eigenvalue weighted by atomic mass is 19.1. The molecule has 1 amide bonds. The van der Waals surface area contributed by atoms with Gasteiger partial charge in [-0.1, -0.05) is 30.3 Å². The third-order valence-electron chi connectivity index (χ3n) is 3.53. The quantitative estimate of drug-likeness (QED) is 0.888. The van der Waals surface area contributed by atoms with E-state index >= 15 is 0 Å². The molecule has 2 aromatic carbocycles. The number of hydrogen-bond donors (Lipinski definition) is 2. The first-order chi connectivity index (χ1) is 9.99. The summed E-state index contributed by atoms with van der Waals surface area (Å²) >= 11 is 0. The Bertz CT molecular complexity index is 655. The van der Waals surface area contributed by atoms with Gasteiger partial charge in [-0.25, -0.2) is 4.39 Å². The van der Waals surface area contributed by atoms with Crippen molar-refractivity contribution in [3.8, 4) is 0 Å². The molecule has 0 aromatic heterocycles. The number of aliphatic hydroxyl groups is 1. The standard InChI is InChI=1S/C17H18FNO2/c1-11-4-2-5-12(16(11)17(19)21)8-9-15(20)13-6-3-7-14(18)10-13/h2-7,10,15,20H,8-9H2,1H3,(H2,19,21). The number of amides is 1. The molecule has 0 bridgehead atoms. The van der Waals surface area contributed by atoms with Crippen LogP contribution in [0.15, 0.2) is 42.5 Å². The van der Waals surface area contributed by atoms with Gasteiger partial charge in [0.2, 0.25) is 5.91 Å². The fourth-order valence-corrected chi connectivity index (χ4v) is 2.46. The minimum atomic E-state index is -0.776. The maximum atomic E-state index is 13.1. The van der Waals surface area contributed by atoms with Gasteiger partial charge in [0.1, 0.15) is 5.82 Å². The van der Waals surface area contributed by atoms with E-state index in [0.717, 1.165) is 11.1 Å². The lowest BCUT2D eigenvalue weighted by Gasteiger charge is -2.13. The first-order valence-electron chi connectivity index (χ1n) is 6.81. The molecule has 21 heavy (non-hydrogen) atoms. The van der Waals surface area contributed by atoms with Gasteiger partial charge in [-0.05, 0) is 48.6 Å². The zero-order chi connectivity index (χ0) is 15.4. The second-order valence-electron chi connectivity index (χ2n) is 5.08. The van der Waals surface area contributed by atoms with Crippen molar-refractivity contribution in [1.29, 1.82) is 0 Å². The summed E-state index contributed by atoms with van der Waals surface area (Å²) in [7, 11) is 0. The molecule has 0 saturated carbocycles. The maximum absolute atomic E-state index is 13.1. The zero-order valence-electron chi connectivity index (χ0n) is 11.8. The molecule has 4 heteroatoms. The van der Waals surface area contributed by atoms with Crippen molar-refractivity contribution in [2.75, 3.05) is 0 Å². The zero-order valence-corrected chi connectivity index (χ0v) is 11.8. The van der Waals surface area contributed by atoms with Crippen molar-refractivity contribution in [1.82, 2.24) is 0 Å². The van der Waals surface area contributed by atoms with Gasteiger partial charge in [0.05, 0.1) is 6.10 Å². The molecule has 0 saturated heterocycles. The predicted octanol–water partition coefficient (Wildman–Crippen LogP) is 2.90. The van der Waals surface area contributed by atoms with E-state index in [2.05, 4.69) is 0 Å². The third-order valence-corrected chi connectivity index (χ3v) is 3.53. The number of primary amides is 1. The van der Waals surface area contributed by atoms with Crippen molar-refractivity contribution in [2.45, 2.75) is 25.9 Å². The summed E-state index contributed by atoms with van der Waals surface area (Å²) in [5, 5.41) is 10.1. The number of halogens is 1. The summed E-state index contributed by atoms with van der Waals surface area (Å²) < 4.78 is 13.1. The van der Waals surface area contributed by atoms with Gasteiger partial charge in [0, 0.05) is 5.56 Å². The SMILES string of the molecule is Cc1cccc(CCC(O)c2cccc(F)c2)c1C(N)=O. The first kappa shape index (κ1) is 15.2. The largest absolute Gasteiger partial charge is 0.388 e. The number of carbonyl (C=O) groups excluding carboxylic acids is 1. The van der Waals surface area contributed by atoms with Crippen molar-refractivity contribution in [3.05, 3.63) is 70.5 Å². The van der Waals surface area contributed by atoms with Gasteiger partial charge >= 0.3 is 0 Å². The number of carbonyl (C=O) groups is 1. The van der Waals surface area contributed by atoms with Crippen LogP contribution in [0.25, 0.3) is 0 Å². The Balaban J connectivity index is 2.13. The molecule has 3 nitrogen and oxygen atoms in total. The molecule has 2 aromatic rings. The summed E-state index contributed by atoms with van der Waals surface area (Å²) in [5.41, 5.74) is 8.06. The summed E-state index contributed by atoms with van der Waals surface area (Å²) in [6.45, 7) is 1.83. The number of rotatable bonds is 5. The van der Waals surface area contributed by atoms with Crippen LogP contribution in [0.4, 0.5) is 4.39 Å². The molecule has 0 aliphatic rings. The maximum Gasteiger partial charge on any atom is 0.249 e.